The molecule has 1 atom stereocenters. The van der Waals surface area contributed by atoms with E-state index >= 15 is 0 Å². The Hall–Kier alpha value is -2.19. The Balaban J connectivity index is 2.15. The Bertz CT molecular complexity index is 1060. The molecular weight excluding hydrogens is 446 g/mol. The summed E-state index contributed by atoms with van der Waals surface area (Å²) in [6.45, 7) is 4.76. The number of carboxylic acid groups (broad SMARTS) is 1. The Kier molecular flexibility index (Phi) is 7.77. The Labute approximate surface area is 194 Å². The minimum Gasteiger partial charge on any atom is -0.496 e. The van der Waals surface area contributed by atoms with E-state index in [4.69, 9.17) is 9.84 Å². The van der Waals surface area contributed by atoms with Crippen LogP contribution in [0.4, 0.5) is 11.4 Å². The molecule has 0 fully saturated rings. The van der Waals surface area contributed by atoms with Crippen LogP contribution in [-0.4, -0.2) is 44.7 Å². The monoisotopic (exact) mass is 477 g/mol. The second kappa shape index (κ2) is 10.2. The summed E-state index contributed by atoms with van der Waals surface area (Å²) in [5.41, 5.74) is 1.82. The van der Waals surface area contributed by atoms with Crippen LogP contribution in [0.25, 0.3) is 0 Å². The van der Waals surface area contributed by atoms with E-state index in [2.05, 4.69) is 18.7 Å². The normalized spacial score (nSPS) is 19.8. The maximum atomic E-state index is 13.6. The van der Waals surface area contributed by atoms with Crippen LogP contribution in [0.2, 0.25) is 0 Å². The second-order valence-corrected chi connectivity index (χ2v) is 11.6. The van der Waals surface area contributed by atoms with Crippen LogP contribution in [0.15, 0.2) is 47.4 Å². The highest BCUT2D eigenvalue weighted by Gasteiger charge is 2.40. The number of para-hydroxylation sites is 1. The third kappa shape index (κ3) is 5.59. The van der Waals surface area contributed by atoms with Gasteiger partial charge in [-0.15, -0.1) is 11.8 Å². The predicted octanol–water partition coefficient (Wildman–Crippen LogP) is 5.13. The number of aliphatic carboxylic acids is 1. The van der Waals surface area contributed by atoms with E-state index in [0.29, 0.717) is 29.3 Å². The summed E-state index contributed by atoms with van der Waals surface area (Å²) in [4.78, 5) is 13.3. The molecule has 1 N–H and O–H groups in total. The topological polar surface area (TPSA) is 83.9 Å². The highest BCUT2D eigenvalue weighted by Crippen LogP contribution is 2.45. The Morgan fingerprint density at radius 1 is 1.25 bits per heavy atom. The smallest absolute Gasteiger partial charge is 0.313 e. The van der Waals surface area contributed by atoms with Crippen molar-refractivity contribution in [3.8, 4) is 5.75 Å². The number of ether oxygens (including phenoxy) is 1. The number of benzene rings is 2. The quantitative estimate of drug-likeness (QED) is 0.536. The molecule has 32 heavy (non-hydrogen) atoms. The van der Waals surface area contributed by atoms with Gasteiger partial charge < -0.3 is 14.7 Å². The lowest BCUT2D eigenvalue weighted by Gasteiger charge is -2.34. The molecule has 2 aromatic carbocycles. The zero-order valence-corrected chi connectivity index (χ0v) is 20.5. The maximum Gasteiger partial charge on any atom is 0.313 e. The van der Waals surface area contributed by atoms with E-state index in [9.17, 15) is 13.2 Å². The summed E-state index contributed by atoms with van der Waals surface area (Å²) in [5.74, 6) is 0.0347. The molecule has 2 aromatic rings. The van der Waals surface area contributed by atoms with Gasteiger partial charge in [0.15, 0.2) is 9.84 Å². The predicted molar refractivity (Wildman–Crippen MR) is 130 cm³/mol. The molecular formula is C24H31NO5S2. The van der Waals surface area contributed by atoms with Crippen LogP contribution in [0.3, 0.4) is 0 Å². The number of hydrogen-bond acceptors (Lipinski definition) is 6. The summed E-state index contributed by atoms with van der Waals surface area (Å²) < 4.78 is 32.8. The van der Waals surface area contributed by atoms with Gasteiger partial charge in [-0.25, -0.2) is 8.42 Å². The molecule has 0 saturated heterocycles. The third-order valence-electron chi connectivity index (χ3n) is 5.75. The first kappa shape index (κ1) is 24.5. The maximum absolute atomic E-state index is 13.6. The van der Waals surface area contributed by atoms with Crippen molar-refractivity contribution in [2.24, 2.45) is 5.41 Å². The molecule has 1 aliphatic heterocycles. The summed E-state index contributed by atoms with van der Waals surface area (Å²) >= 11 is 1.22. The van der Waals surface area contributed by atoms with E-state index < -0.39 is 21.2 Å². The Morgan fingerprint density at radius 3 is 2.59 bits per heavy atom. The number of thioether (sulfide) groups is 1. The summed E-state index contributed by atoms with van der Waals surface area (Å²) in [5, 5.41) is 8.96. The molecule has 1 heterocycles. The standard InChI is InChI=1S/C24H31NO5S2/c1-4-5-11-24(2)16-25(19-9-7-6-8-10-19)20-13-21(30-3)18(14-31-15-23(26)27)12-22(20)32(28,29)17-24/h6-10,12-13H,4-5,11,14-17H2,1-3H3,(H,26,27)/t24-/m1/s1. The van der Waals surface area contributed by atoms with Crippen LogP contribution in [-0.2, 0) is 20.4 Å². The lowest BCUT2D eigenvalue weighted by atomic mass is 9.86. The van der Waals surface area contributed by atoms with E-state index in [1.165, 1.54) is 11.8 Å². The fraction of sp³-hybridized carbons (Fsp3) is 0.458. The lowest BCUT2D eigenvalue weighted by Crippen LogP contribution is -2.35. The number of carboxylic acids is 1. The van der Waals surface area contributed by atoms with Crippen LogP contribution < -0.4 is 9.64 Å². The van der Waals surface area contributed by atoms with Crippen molar-refractivity contribution in [1.82, 2.24) is 0 Å². The van der Waals surface area contributed by atoms with Crippen molar-refractivity contribution < 1.29 is 23.1 Å². The number of sulfone groups is 1. The Morgan fingerprint density at radius 2 is 1.97 bits per heavy atom. The lowest BCUT2D eigenvalue weighted by molar-refractivity contribution is -0.133. The second-order valence-electron chi connectivity index (χ2n) is 8.61. The number of anilines is 2. The van der Waals surface area contributed by atoms with E-state index in [-0.39, 0.29) is 16.4 Å². The molecule has 3 rings (SSSR count). The van der Waals surface area contributed by atoms with Crippen LogP contribution in [0.1, 0.15) is 38.7 Å². The minimum atomic E-state index is -3.57. The molecule has 6 nitrogen and oxygen atoms in total. The number of hydrogen-bond donors (Lipinski definition) is 1. The highest BCUT2D eigenvalue weighted by molar-refractivity contribution is 7.99. The summed E-state index contributed by atoms with van der Waals surface area (Å²) in [6.07, 6.45) is 2.79. The van der Waals surface area contributed by atoms with Gasteiger partial charge >= 0.3 is 5.97 Å². The van der Waals surface area contributed by atoms with E-state index in [1.54, 1.807) is 19.2 Å². The first-order valence-corrected chi connectivity index (χ1v) is 13.6. The SMILES string of the molecule is CCCC[C@]1(C)CN(c2ccccc2)c2cc(OC)c(CSCC(=O)O)cc2S(=O)(=O)C1. The summed E-state index contributed by atoms with van der Waals surface area (Å²) in [6, 6.07) is 13.3. The molecule has 8 heteroatoms. The highest BCUT2D eigenvalue weighted by atomic mass is 32.2. The van der Waals surface area contributed by atoms with Gasteiger partial charge in [0.25, 0.3) is 0 Å². The first-order chi connectivity index (χ1) is 15.2. The van der Waals surface area contributed by atoms with Crippen LogP contribution >= 0.6 is 11.8 Å². The third-order valence-corrected chi connectivity index (χ3v) is 8.79. The fourth-order valence-corrected chi connectivity index (χ4v) is 7.08. The van der Waals surface area contributed by atoms with Crippen molar-refractivity contribution >= 4 is 38.9 Å². The van der Waals surface area contributed by atoms with Gasteiger partial charge in [-0.05, 0) is 30.0 Å². The van der Waals surface area contributed by atoms with Gasteiger partial charge in [0, 0.05) is 29.6 Å². The van der Waals surface area contributed by atoms with Crippen LogP contribution in [0, 0.1) is 5.41 Å². The molecule has 0 aromatic heterocycles. The zero-order valence-electron chi connectivity index (χ0n) is 18.8. The van der Waals surface area contributed by atoms with Gasteiger partial charge in [0.2, 0.25) is 0 Å². The number of unbranched alkanes of at least 4 members (excludes halogenated alkanes) is 1. The summed E-state index contributed by atoms with van der Waals surface area (Å²) in [7, 11) is -2.02. The van der Waals surface area contributed by atoms with Crippen molar-refractivity contribution in [2.45, 2.75) is 43.8 Å². The average molecular weight is 478 g/mol. The van der Waals surface area contributed by atoms with Crippen molar-refractivity contribution in [3.05, 3.63) is 48.0 Å². The van der Waals surface area contributed by atoms with Gasteiger partial charge in [0.1, 0.15) is 5.75 Å². The average Bonchev–Trinajstić information content (AvgIpc) is 2.84. The number of rotatable bonds is 9. The fourth-order valence-electron chi connectivity index (χ4n) is 4.24. The van der Waals surface area contributed by atoms with E-state index in [0.717, 1.165) is 24.9 Å². The molecule has 0 amide bonds. The minimum absolute atomic E-state index is 0.0573. The number of methoxy groups -OCH3 is 1. The largest absolute Gasteiger partial charge is 0.496 e. The molecule has 0 bridgehead atoms. The van der Waals surface area contributed by atoms with Crippen LogP contribution in [0.5, 0.6) is 5.75 Å². The van der Waals surface area contributed by atoms with Gasteiger partial charge in [-0.3, -0.25) is 4.79 Å². The molecule has 0 saturated carbocycles. The molecule has 174 valence electrons. The molecule has 0 aliphatic carbocycles. The van der Waals surface area contributed by atoms with Gasteiger partial charge in [-0.2, -0.15) is 0 Å². The first-order valence-electron chi connectivity index (χ1n) is 10.7. The van der Waals surface area contributed by atoms with E-state index in [1.807, 2.05) is 30.3 Å². The van der Waals surface area contributed by atoms with Crippen molar-refractivity contribution in [1.29, 1.82) is 0 Å². The number of fused-ring (bicyclic) bond motifs is 1. The van der Waals surface area contributed by atoms with Gasteiger partial charge in [0.05, 0.1) is 29.2 Å². The molecule has 1 aliphatic rings. The molecule has 0 spiro atoms. The van der Waals surface area contributed by atoms with Crippen molar-refractivity contribution in [3.63, 3.8) is 0 Å². The molecule has 0 radical (unpaired) electrons. The van der Waals surface area contributed by atoms with Crippen molar-refractivity contribution in [2.75, 3.05) is 30.1 Å². The van der Waals surface area contributed by atoms with Gasteiger partial charge in [-0.1, -0.05) is 44.9 Å². The number of carbonyl (C=O) groups is 1. The number of nitrogens with zero attached hydrogens (tertiary/aromatic N) is 1. The molecule has 0 unspecified atom stereocenters. The zero-order chi connectivity index (χ0) is 23.4.